The maximum absolute atomic E-state index is 14.5. The van der Waals surface area contributed by atoms with Gasteiger partial charge >= 0.3 is 0 Å². The highest BCUT2D eigenvalue weighted by molar-refractivity contribution is 6.04. The van der Waals surface area contributed by atoms with Crippen molar-refractivity contribution in [1.29, 1.82) is 5.41 Å². The van der Waals surface area contributed by atoms with E-state index in [1.165, 1.54) is 17.0 Å². The Morgan fingerprint density at radius 3 is 2.81 bits per heavy atom. The Balaban J connectivity index is 1.61. The van der Waals surface area contributed by atoms with Gasteiger partial charge in [0.25, 0.3) is 11.5 Å². The minimum absolute atomic E-state index is 0.0277. The number of aromatic amines is 1. The van der Waals surface area contributed by atoms with Gasteiger partial charge in [0.05, 0.1) is 28.9 Å². The molecule has 2 aromatic carbocycles. The van der Waals surface area contributed by atoms with Gasteiger partial charge in [-0.3, -0.25) is 9.59 Å². The van der Waals surface area contributed by atoms with Crippen LogP contribution in [-0.2, 0) is 6.42 Å². The summed E-state index contributed by atoms with van der Waals surface area (Å²) in [5.41, 5.74) is 2.24. The molecule has 3 N–H and O–H groups in total. The van der Waals surface area contributed by atoms with E-state index in [1.54, 1.807) is 31.4 Å². The molecule has 8 heteroatoms. The number of hydrogen-bond acceptors (Lipinski definition) is 5. The molecular weight excluding hydrogens is 397 g/mol. The van der Waals surface area contributed by atoms with Crippen LogP contribution >= 0.6 is 0 Å². The molecule has 0 radical (unpaired) electrons. The quantitative estimate of drug-likeness (QED) is 0.605. The third-order valence-electron chi connectivity index (χ3n) is 5.40. The second-order valence-corrected chi connectivity index (χ2v) is 7.45. The van der Waals surface area contributed by atoms with E-state index in [1.807, 2.05) is 12.1 Å². The summed E-state index contributed by atoms with van der Waals surface area (Å²) in [5, 5.41) is 18.9. The van der Waals surface area contributed by atoms with Crippen molar-refractivity contribution in [2.45, 2.75) is 12.8 Å². The van der Waals surface area contributed by atoms with E-state index < -0.39 is 11.7 Å². The predicted octanol–water partition coefficient (Wildman–Crippen LogP) is 2.62. The molecule has 0 saturated carbocycles. The minimum Gasteiger partial charge on any atom is -0.394 e. The fraction of sp³-hybridized carbons (Fsp3) is 0.217. The molecule has 1 aromatic heterocycles. The average molecular weight is 419 g/mol. The number of aromatic nitrogens is 2. The normalized spacial score (nSPS) is 15.5. The van der Waals surface area contributed by atoms with Gasteiger partial charge in [-0.2, -0.15) is 5.10 Å². The van der Waals surface area contributed by atoms with E-state index in [4.69, 9.17) is 5.41 Å². The highest BCUT2D eigenvalue weighted by Crippen LogP contribution is 2.21. The van der Waals surface area contributed by atoms with Crippen LogP contribution in [0.2, 0.25) is 0 Å². The second kappa shape index (κ2) is 8.51. The Bertz CT molecular complexity index is 1260. The Morgan fingerprint density at radius 1 is 1.29 bits per heavy atom. The molecule has 158 valence electrons. The average Bonchev–Trinajstić information content (AvgIpc) is 2.78. The first kappa shape index (κ1) is 20.5. The molecule has 1 aliphatic heterocycles. The van der Waals surface area contributed by atoms with Gasteiger partial charge in [-0.15, -0.1) is 0 Å². The van der Waals surface area contributed by atoms with Crippen LogP contribution in [0.15, 0.2) is 59.0 Å². The third kappa shape index (κ3) is 4.09. The Hall–Kier alpha value is -3.81. The maximum Gasteiger partial charge on any atom is 0.272 e. The smallest absolute Gasteiger partial charge is 0.272 e. The van der Waals surface area contributed by atoms with Crippen molar-refractivity contribution in [2.75, 3.05) is 20.1 Å². The van der Waals surface area contributed by atoms with Crippen LogP contribution in [-0.4, -0.2) is 46.9 Å². The number of carbonyl (C=O) groups is 1. The van der Waals surface area contributed by atoms with Gasteiger partial charge in [0.2, 0.25) is 0 Å². The molecule has 3 aromatic rings. The first-order valence-corrected chi connectivity index (χ1v) is 9.96. The Kier molecular flexibility index (Phi) is 5.62. The summed E-state index contributed by atoms with van der Waals surface area (Å²) in [7, 11) is 1.76. The van der Waals surface area contributed by atoms with Crippen molar-refractivity contribution in [3.8, 4) is 0 Å². The van der Waals surface area contributed by atoms with Crippen molar-refractivity contribution in [1.82, 2.24) is 20.4 Å². The zero-order valence-electron chi connectivity index (χ0n) is 17.0. The van der Waals surface area contributed by atoms with E-state index in [-0.39, 0.29) is 17.7 Å². The number of nitrogens with one attached hydrogen (secondary N) is 3. The van der Waals surface area contributed by atoms with E-state index in [2.05, 4.69) is 15.5 Å². The molecule has 1 amide bonds. The summed E-state index contributed by atoms with van der Waals surface area (Å²) in [6.07, 6.45) is 2.63. The van der Waals surface area contributed by atoms with Crippen LogP contribution in [0.4, 0.5) is 4.39 Å². The van der Waals surface area contributed by atoms with E-state index in [0.29, 0.717) is 41.7 Å². The topological polar surface area (TPSA) is 102 Å². The molecule has 7 nitrogen and oxygen atoms in total. The Labute approximate surface area is 178 Å². The number of piperidine rings is 1. The van der Waals surface area contributed by atoms with Crippen molar-refractivity contribution < 1.29 is 9.18 Å². The number of hydrogen-bond donors (Lipinski definition) is 3. The van der Waals surface area contributed by atoms with Crippen LogP contribution in [0.5, 0.6) is 0 Å². The standard InChI is InChI=1S/C23H22FN5O2/c1-26-12-15-8-9-29(13-20(15)25)23(31)18-10-14(6-7-19(18)24)11-21-16-4-2-3-5-17(16)22(30)28-27-21/h2-7,10,12,25-26H,8-9,11,13H2,1H3,(H,28,30)/b15-12-,25-20?. The lowest BCUT2D eigenvalue weighted by molar-refractivity contribution is 0.0770. The molecule has 2 heterocycles. The molecule has 0 unspecified atom stereocenters. The lowest BCUT2D eigenvalue weighted by Gasteiger charge is -2.29. The van der Waals surface area contributed by atoms with Crippen molar-refractivity contribution >= 4 is 22.4 Å². The predicted molar refractivity (Wildman–Crippen MR) is 117 cm³/mol. The molecule has 4 rings (SSSR count). The number of halogens is 1. The zero-order valence-corrected chi connectivity index (χ0v) is 17.0. The lowest BCUT2D eigenvalue weighted by atomic mass is 9.99. The van der Waals surface area contributed by atoms with E-state index in [0.717, 1.165) is 11.0 Å². The van der Waals surface area contributed by atoms with Gasteiger partial charge in [-0.1, -0.05) is 24.3 Å². The first-order chi connectivity index (χ1) is 15.0. The fourth-order valence-electron chi connectivity index (χ4n) is 3.80. The summed E-state index contributed by atoms with van der Waals surface area (Å²) in [6.45, 7) is 0.562. The lowest BCUT2D eigenvalue weighted by Crippen LogP contribution is -2.41. The summed E-state index contributed by atoms with van der Waals surface area (Å²) in [4.78, 5) is 26.5. The third-order valence-corrected chi connectivity index (χ3v) is 5.40. The molecule has 0 spiro atoms. The highest BCUT2D eigenvalue weighted by Gasteiger charge is 2.26. The molecule has 1 fully saturated rings. The number of likely N-dealkylation sites (tertiary alicyclic amines) is 1. The van der Waals surface area contributed by atoms with Crippen LogP contribution in [0.1, 0.15) is 28.0 Å². The largest absolute Gasteiger partial charge is 0.394 e. The van der Waals surface area contributed by atoms with Crippen LogP contribution in [0.25, 0.3) is 10.8 Å². The zero-order chi connectivity index (χ0) is 22.0. The van der Waals surface area contributed by atoms with Crippen LogP contribution < -0.4 is 10.9 Å². The van der Waals surface area contributed by atoms with E-state index in [9.17, 15) is 14.0 Å². The summed E-state index contributed by atoms with van der Waals surface area (Å²) in [5.74, 6) is -1.04. The van der Waals surface area contributed by atoms with Gasteiger partial charge in [-0.05, 0) is 35.8 Å². The fourth-order valence-corrected chi connectivity index (χ4v) is 3.80. The second-order valence-electron chi connectivity index (χ2n) is 7.45. The number of H-pyrrole nitrogens is 1. The minimum atomic E-state index is -0.601. The number of amides is 1. The molecule has 1 saturated heterocycles. The molecule has 0 bridgehead atoms. The summed E-state index contributed by atoms with van der Waals surface area (Å²) >= 11 is 0. The van der Waals surface area contributed by atoms with Crippen molar-refractivity contribution in [2.24, 2.45) is 0 Å². The Morgan fingerprint density at radius 2 is 2.06 bits per heavy atom. The number of benzene rings is 2. The van der Waals surface area contributed by atoms with E-state index >= 15 is 0 Å². The van der Waals surface area contributed by atoms with Crippen molar-refractivity contribution in [3.63, 3.8) is 0 Å². The van der Waals surface area contributed by atoms with Crippen LogP contribution in [0, 0.1) is 11.2 Å². The van der Waals surface area contributed by atoms with Crippen LogP contribution in [0.3, 0.4) is 0 Å². The summed E-state index contributed by atoms with van der Waals surface area (Å²) < 4.78 is 14.5. The van der Waals surface area contributed by atoms with Gasteiger partial charge in [0.1, 0.15) is 5.82 Å². The summed E-state index contributed by atoms with van der Waals surface area (Å²) in [6, 6.07) is 11.6. The van der Waals surface area contributed by atoms with Gasteiger partial charge in [-0.25, -0.2) is 9.49 Å². The molecule has 0 atom stereocenters. The monoisotopic (exact) mass is 419 g/mol. The number of fused-ring (bicyclic) bond motifs is 1. The van der Waals surface area contributed by atoms with Crippen molar-refractivity contribution in [3.05, 3.63) is 87.2 Å². The van der Waals surface area contributed by atoms with Gasteiger partial charge in [0, 0.05) is 31.6 Å². The molecular formula is C23H22FN5O2. The SMILES string of the molecule is CN/C=C1/CCN(C(=O)c2cc(Cc3n[nH]c(=O)c4ccccc34)ccc2F)CC1=N. The van der Waals surface area contributed by atoms with Gasteiger partial charge < -0.3 is 15.6 Å². The molecule has 0 aliphatic carbocycles. The number of carbonyl (C=O) groups excluding carboxylic acids is 1. The molecule has 31 heavy (non-hydrogen) atoms. The maximum atomic E-state index is 14.5. The first-order valence-electron chi connectivity index (χ1n) is 9.96. The number of rotatable bonds is 4. The molecule has 1 aliphatic rings. The number of nitrogens with zero attached hydrogens (tertiary/aromatic N) is 2. The van der Waals surface area contributed by atoms with Gasteiger partial charge in [0.15, 0.2) is 0 Å². The highest BCUT2D eigenvalue weighted by atomic mass is 19.1.